The van der Waals surface area contributed by atoms with Gasteiger partial charge in [-0.05, 0) is 31.5 Å². The highest BCUT2D eigenvalue weighted by molar-refractivity contribution is 6.42. The summed E-state index contributed by atoms with van der Waals surface area (Å²) in [6.07, 6.45) is 6.47. The fourth-order valence-corrected chi connectivity index (χ4v) is 4.21. The zero-order valence-corrected chi connectivity index (χ0v) is 13.3. The molecule has 2 atom stereocenters. The molecule has 2 unspecified atom stereocenters. The zero-order valence-electron chi connectivity index (χ0n) is 11.8. The van der Waals surface area contributed by atoms with E-state index in [9.17, 15) is 0 Å². The number of halogens is 2. The molecular weight excluding hydrogens is 293 g/mol. The Kier molecular flexibility index (Phi) is 4.16. The first-order valence-electron chi connectivity index (χ1n) is 7.51. The van der Waals surface area contributed by atoms with Crippen LogP contribution in [0.2, 0.25) is 10.0 Å². The van der Waals surface area contributed by atoms with Gasteiger partial charge in [-0.2, -0.15) is 0 Å². The zero-order chi connectivity index (χ0) is 14.2. The Morgan fingerprint density at radius 2 is 2.05 bits per heavy atom. The third kappa shape index (κ3) is 2.32. The van der Waals surface area contributed by atoms with Crippen molar-refractivity contribution in [3.8, 4) is 5.75 Å². The summed E-state index contributed by atoms with van der Waals surface area (Å²) >= 11 is 12.3. The van der Waals surface area contributed by atoms with E-state index in [0.29, 0.717) is 21.5 Å². The highest BCUT2D eigenvalue weighted by Crippen LogP contribution is 2.55. The minimum Gasteiger partial charge on any atom is -0.488 e. The normalized spacial score (nSPS) is 27.6. The van der Waals surface area contributed by atoms with E-state index in [4.69, 9.17) is 27.9 Å². The molecule has 4 heteroatoms. The van der Waals surface area contributed by atoms with Gasteiger partial charge in [-0.3, -0.25) is 0 Å². The van der Waals surface area contributed by atoms with Crippen molar-refractivity contribution in [2.24, 2.45) is 5.41 Å². The standard InChI is InChI=1S/C16H21Cl2NO/c1-2-19-13-10-14(16(13)8-3-4-9-16)20-12-7-5-6-11(17)15(12)18/h5-7,13-14,19H,2-4,8-10H2,1H3. The number of benzene rings is 1. The predicted molar refractivity (Wildman–Crippen MR) is 83.9 cm³/mol. The smallest absolute Gasteiger partial charge is 0.139 e. The molecule has 3 rings (SSSR count). The molecule has 0 aromatic heterocycles. The van der Waals surface area contributed by atoms with Gasteiger partial charge in [0, 0.05) is 17.9 Å². The van der Waals surface area contributed by atoms with Gasteiger partial charge in [0.15, 0.2) is 0 Å². The van der Waals surface area contributed by atoms with Gasteiger partial charge in [0.25, 0.3) is 0 Å². The lowest BCUT2D eigenvalue weighted by molar-refractivity contribution is -0.0755. The van der Waals surface area contributed by atoms with Crippen LogP contribution in [0.1, 0.15) is 39.0 Å². The molecule has 2 saturated carbocycles. The monoisotopic (exact) mass is 313 g/mol. The van der Waals surface area contributed by atoms with E-state index in [2.05, 4.69) is 12.2 Å². The van der Waals surface area contributed by atoms with Crippen molar-refractivity contribution in [1.29, 1.82) is 0 Å². The summed E-state index contributed by atoms with van der Waals surface area (Å²) < 4.78 is 6.22. The van der Waals surface area contributed by atoms with E-state index >= 15 is 0 Å². The first-order valence-corrected chi connectivity index (χ1v) is 8.27. The molecular formula is C16H21Cl2NO. The van der Waals surface area contributed by atoms with Crippen LogP contribution >= 0.6 is 23.2 Å². The maximum absolute atomic E-state index is 6.24. The van der Waals surface area contributed by atoms with E-state index in [1.807, 2.05) is 12.1 Å². The van der Waals surface area contributed by atoms with Crippen molar-refractivity contribution < 1.29 is 4.74 Å². The summed E-state index contributed by atoms with van der Waals surface area (Å²) in [7, 11) is 0. The van der Waals surface area contributed by atoms with Gasteiger partial charge < -0.3 is 10.1 Å². The molecule has 0 amide bonds. The number of ether oxygens (including phenoxy) is 1. The lowest BCUT2D eigenvalue weighted by atomic mass is 9.60. The molecule has 0 bridgehead atoms. The van der Waals surface area contributed by atoms with Crippen molar-refractivity contribution in [3.05, 3.63) is 28.2 Å². The maximum atomic E-state index is 6.24. The second-order valence-electron chi connectivity index (χ2n) is 5.94. The molecule has 1 aromatic carbocycles. The van der Waals surface area contributed by atoms with Crippen LogP contribution in [-0.2, 0) is 0 Å². The largest absolute Gasteiger partial charge is 0.488 e. The Morgan fingerprint density at radius 1 is 1.30 bits per heavy atom. The minimum absolute atomic E-state index is 0.269. The highest BCUT2D eigenvalue weighted by atomic mass is 35.5. The Balaban J connectivity index is 1.76. The number of hydrogen-bond acceptors (Lipinski definition) is 2. The lowest BCUT2D eigenvalue weighted by Gasteiger charge is -2.54. The van der Waals surface area contributed by atoms with Crippen LogP contribution in [-0.4, -0.2) is 18.7 Å². The Bertz CT molecular complexity index is 485. The summed E-state index contributed by atoms with van der Waals surface area (Å²) in [5, 5.41) is 4.72. The molecule has 0 radical (unpaired) electrons. The van der Waals surface area contributed by atoms with E-state index in [-0.39, 0.29) is 6.10 Å². The van der Waals surface area contributed by atoms with Crippen LogP contribution in [0.15, 0.2) is 18.2 Å². The molecule has 2 nitrogen and oxygen atoms in total. The molecule has 0 saturated heterocycles. The SMILES string of the molecule is CCNC1CC(Oc2cccc(Cl)c2Cl)C12CCCC2. The Morgan fingerprint density at radius 3 is 2.75 bits per heavy atom. The van der Waals surface area contributed by atoms with Crippen molar-refractivity contribution in [2.45, 2.75) is 51.2 Å². The van der Waals surface area contributed by atoms with Gasteiger partial charge in [-0.1, -0.05) is 49.0 Å². The van der Waals surface area contributed by atoms with E-state index in [1.165, 1.54) is 25.7 Å². The van der Waals surface area contributed by atoms with E-state index in [0.717, 1.165) is 18.7 Å². The third-order valence-corrected chi connectivity index (χ3v) is 5.76. The second-order valence-corrected chi connectivity index (χ2v) is 6.73. The molecule has 1 aromatic rings. The van der Waals surface area contributed by atoms with Gasteiger partial charge >= 0.3 is 0 Å². The van der Waals surface area contributed by atoms with Crippen LogP contribution in [0.5, 0.6) is 5.75 Å². The molecule has 2 aliphatic carbocycles. The van der Waals surface area contributed by atoms with Crippen molar-refractivity contribution >= 4 is 23.2 Å². The molecule has 110 valence electrons. The summed E-state index contributed by atoms with van der Waals surface area (Å²) in [4.78, 5) is 0. The van der Waals surface area contributed by atoms with E-state index < -0.39 is 0 Å². The summed E-state index contributed by atoms with van der Waals surface area (Å²) in [6, 6.07) is 6.20. The quantitative estimate of drug-likeness (QED) is 0.871. The average Bonchev–Trinajstić information content (AvgIpc) is 2.95. The van der Waals surface area contributed by atoms with Gasteiger partial charge in [0.1, 0.15) is 16.9 Å². The van der Waals surface area contributed by atoms with Gasteiger partial charge in [0.05, 0.1) is 5.02 Å². The topological polar surface area (TPSA) is 21.3 Å². The van der Waals surface area contributed by atoms with Crippen LogP contribution in [0, 0.1) is 5.41 Å². The molecule has 1 N–H and O–H groups in total. The maximum Gasteiger partial charge on any atom is 0.139 e. The number of nitrogens with one attached hydrogen (secondary N) is 1. The fraction of sp³-hybridized carbons (Fsp3) is 0.625. The van der Waals surface area contributed by atoms with Crippen LogP contribution in [0.25, 0.3) is 0 Å². The first kappa shape index (κ1) is 14.5. The second kappa shape index (κ2) is 5.75. The highest BCUT2D eigenvalue weighted by Gasteiger charge is 2.57. The Hall–Kier alpha value is -0.440. The molecule has 2 aliphatic rings. The van der Waals surface area contributed by atoms with Crippen molar-refractivity contribution in [1.82, 2.24) is 5.32 Å². The first-order chi connectivity index (χ1) is 9.67. The van der Waals surface area contributed by atoms with Crippen LogP contribution < -0.4 is 10.1 Å². The molecule has 0 heterocycles. The fourth-order valence-electron chi connectivity index (χ4n) is 3.88. The molecule has 0 aliphatic heterocycles. The van der Waals surface area contributed by atoms with Crippen LogP contribution in [0.4, 0.5) is 0 Å². The number of rotatable bonds is 4. The Labute approximate surface area is 130 Å². The van der Waals surface area contributed by atoms with E-state index in [1.54, 1.807) is 6.07 Å². The number of hydrogen-bond donors (Lipinski definition) is 1. The van der Waals surface area contributed by atoms with Gasteiger partial charge in [0.2, 0.25) is 0 Å². The lowest BCUT2D eigenvalue weighted by Crippen LogP contribution is -2.63. The molecule has 20 heavy (non-hydrogen) atoms. The van der Waals surface area contributed by atoms with Gasteiger partial charge in [-0.15, -0.1) is 0 Å². The third-order valence-electron chi connectivity index (χ3n) is 4.96. The molecule has 2 fully saturated rings. The predicted octanol–water partition coefficient (Wildman–Crippen LogP) is 4.68. The summed E-state index contributed by atoms with van der Waals surface area (Å²) in [5.74, 6) is 0.727. The van der Waals surface area contributed by atoms with Crippen molar-refractivity contribution in [2.75, 3.05) is 6.54 Å². The minimum atomic E-state index is 0.269. The average molecular weight is 314 g/mol. The van der Waals surface area contributed by atoms with Crippen molar-refractivity contribution in [3.63, 3.8) is 0 Å². The summed E-state index contributed by atoms with van der Waals surface area (Å²) in [5.41, 5.74) is 0.307. The molecule has 1 spiro atoms. The summed E-state index contributed by atoms with van der Waals surface area (Å²) in [6.45, 7) is 3.20. The van der Waals surface area contributed by atoms with Crippen LogP contribution in [0.3, 0.4) is 0 Å². The van der Waals surface area contributed by atoms with Gasteiger partial charge in [-0.25, -0.2) is 0 Å².